The Hall–Kier alpha value is -3.99. The number of hydrogen-bond donors (Lipinski definition) is 3. The Labute approximate surface area is 237 Å². The zero-order chi connectivity index (χ0) is 28.1. The first-order valence-electron chi connectivity index (χ1n) is 13.8. The van der Waals surface area contributed by atoms with Gasteiger partial charge in [0.05, 0.1) is 17.3 Å². The van der Waals surface area contributed by atoms with E-state index in [1.54, 1.807) is 46.3 Å². The fourth-order valence-corrected chi connectivity index (χ4v) is 5.72. The Bertz CT molecular complexity index is 1480. The lowest BCUT2D eigenvalue weighted by Gasteiger charge is -2.32. The van der Waals surface area contributed by atoms with Gasteiger partial charge in [0.25, 0.3) is 11.8 Å². The maximum atomic E-state index is 13.6. The summed E-state index contributed by atoms with van der Waals surface area (Å²) >= 11 is 1.56. The van der Waals surface area contributed by atoms with Crippen molar-refractivity contribution in [1.82, 2.24) is 29.8 Å². The van der Waals surface area contributed by atoms with Gasteiger partial charge >= 0.3 is 0 Å². The van der Waals surface area contributed by atoms with Gasteiger partial charge in [0.15, 0.2) is 5.82 Å². The Morgan fingerprint density at radius 1 is 1.20 bits per heavy atom. The lowest BCUT2D eigenvalue weighted by molar-refractivity contribution is 0.0679. The molecule has 1 aliphatic heterocycles. The molecule has 3 aromatic heterocycles. The SMILES string of the molecule is CC[C@H](C)Nc1cc(C(=O)N2CCC(CCCNC(=O)c3ccccc3O)CC2)nc(-c2cnn3ccsc23)n1. The number of likely N-dealkylation sites (tertiary alicyclic amines) is 1. The van der Waals surface area contributed by atoms with Gasteiger partial charge in [0.1, 0.15) is 22.1 Å². The summed E-state index contributed by atoms with van der Waals surface area (Å²) < 4.78 is 1.79. The van der Waals surface area contributed by atoms with Crippen molar-refractivity contribution in [3.05, 3.63) is 59.4 Å². The number of nitrogens with zero attached hydrogens (tertiary/aromatic N) is 5. The summed E-state index contributed by atoms with van der Waals surface area (Å²) in [7, 11) is 0. The smallest absolute Gasteiger partial charge is 0.272 e. The number of aromatic nitrogens is 4. The molecule has 10 nitrogen and oxygen atoms in total. The van der Waals surface area contributed by atoms with Crippen LogP contribution in [0, 0.1) is 5.92 Å². The van der Waals surface area contributed by atoms with E-state index in [2.05, 4.69) is 29.6 Å². The number of fused-ring (bicyclic) bond motifs is 1. The van der Waals surface area contributed by atoms with Gasteiger partial charge in [-0.05, 0) is 57.1 Å². The number of anilines is 1. The van der Waals surface area contributed by atoms with E-state index in [0.29, 0.717) is 42.9 Å². The molecule has 4 heterocycles. The summed E-state index contributed by atoms with van der Waals surface area (Å²) in [5.74, 6) is 1.27. The van der Waals surface area contributed by atoms with Crippen LogP contribution in [0.5, 0.6) is 5.75 Å². The van der Waals surface area contributed by atoms with Crippen molar-refractivity contribution < 1.29 is 14.7 Å². The third-order valence-corrected chi connectivity index (χ3v) is 8.34. The number of piperidine rings is 1. The van der Waals surface area contributed by atoms with Gasteiger partial charge in [0, 0.05) is 43.3 Å². The summed E-state index contributed by atoms with van der Waals surface area (Å²) in [4.78, 5) is 38.1. The van der Waals surface area contributed by atoms with Crippen LogP contribution in [0.15, 0.2) is 48.1 Å². The van der Waals surface area contributed by atoms with Crippen molar-refractivity contribution in [2.45, 2.75) is 52.0 Å². The number of phenolic OH excluding ortho intramolecular Hbond substituents is 1. The van der Waals surface area contributed by atoms with Crippen LogP contribution in [-0.4, -0.2) is 67.1 Å². The maximum absolute atomic E-state index is 13.6. The van der Waals surface area contributed by atoms with Crippen molar-refractivity contribution in [2.24, 2.45) is 5.92 Å². The van der Waals surface area contributed by atoms with Crippen LogP contribution >= 0.6 is 11.3 Å². The zero-order valence-corrected chi connectivity index (χ0v) is 23.7. The molecule has 1 fully saturated rings. The highest BCUT2D eigenvalue weighted by molar-refractivity contribution is 7.16. The minimum atomic E-state index is -0.263. The summed E-state index contributed by atoms with van der Waals surface area (Å²) in [6.45, 7) is 6.08. The highest BCUT2D eigenvalue weighted by Crippen LogP contribution is 2.28. The molecule has 0 unspecified atom stereocenters. The first-order chi connectivity index (χ1) is 19.4. The number of phenols is 1. The molecule has 2 amide bonds. The molecule has 4 aromatic rings. The molecular formula is C29H35N7O3S. The Balaban J connectivity index is 1.18. The van der Waals surface area contributed by atoms with Gasteiger partial charge in [0.2, 0.25) is 0 Å². The van der Waals surface area contributed by atoms with Gasteiger partial charge in [-0.25, -0.2) is 14.5 Å². The van der Waals surface area contributed by atoms with Crippen molar-refractivity contribution in [3.8, 4) is 17.1 Å². The van der Waals surface area contributed by atoms with Crippen molar-refractivity contribution in [2.75, 3.05) is 25.0 Å². The number of carbonyl (C=O) groups is 2. The lowest BCUT2D eigenvalue weighted by atomic mass is 9.92. The monoisotopic (exact) mass is 561 g/mol. The third-order valence-electron chi connectivity index (χ3n) is 7.45. The quantitative estimate of drug-likeness (QED) is 0.237. The van der Waals surface area contributed by atoms with Crippen molar-refractivity contribution in [3.63, 3.8) is 0 Å². The topological polar surface area (TPSA) is 125 Å². The van der Waals surface area contributed by atoms with Crippen LogP contribution in [0.4, 0.5) is 5.82 Å². The number of thiazole rings is 1. The molecule has 0 radical (unpaired) electrons. The lowest BCUT2D eigenvalue weighted by Crippen LogP contribution is -2.39. The van der Waals surface area contributed by atoms with E-state index in [4.69, 9.17) is 9.97 Å². The molecule has 0 aliphatic carbocycles. The van der Waals surface area contributed by atoms with Crippen molar-refractivity contribution in [1.29, 1.82) is 0 Å². The van der Waals surface area contributed by atoms with Crippen LogP contribution in [0.1, 0.15) is 66.8 Å². The average molecular weight is 562 g/mol. The van der Waals surface area contributed by atoms with Gasteiger partial charge in [-0.3, -0.25) is 9.59 Å². The number of carbonyl (C=O) groups excluding carboxylic acids is 2. The van der Waals surface area contributed by atoms with Crippen molar-refractivity contribution >= 4 is 33.8 Å². The molecular weight excluding hydrogens is 526 g/mol. The Morgan fingerprint density at radius 2 is 2.00 bits per heavy atom. The number of para-hydroxylation sites is 1. The zero-order valence-electron chi connectivity index (χ0n) is 22.8. The summed E-state index contributed by atoms with van der Waals surface area (Å²) in [6.07, 6.45) is 8.21. The first-order valence-corrected chi connectivity index (χ1v) is 14.7. The molecule has 1 atom stereocenters. The van der Waals surface area contributed by atoms with Gasteiger partial charge < -0.3 is 20.6 Å². The summed E-state index contributed by atoms with van der Waals surface area (Å²) in [5, 5.41) is 22.5. The van der Waals surface area contributed by atoms with E-state index in [1.807, 2.05) is 16.5 Å². The van der Waals surface area contributed by atoms with Crippen LogP contribution in [0.3, 0.4) is 0 Å². The molecule has 1 aliphatic rings. The highest BCUT2D eigenvalue weighted by Gasteiger charge is 2.26. The first kappa shape index (κ1) is 27.6. The fraction of sp³-hybridized carbons (Fsp3) is 0.414. The number of amides is 2. The van der Waals surface area contributed by atoms with Crippen LogP contribution in [0.2, 0.25) is 0 Å². The Kier molecular flexibility index (Phi) is 8.59. The predicted molar refractivity (Wildman–Crippen MR) is 156 cm³/mol. The molecule has 0 bridgehead atoms. The summed E-state index contributed by atoms with van der Waals surface area (Å²) in [5.41, 5.74) is 1.49. The molecule has 1 saturated heterocycles. The van der Waals surface area contributed by atoms with E-state index in [1.165, 1.54) is 6.07 Å². The van der Waals surface area contributed by atoms with Crippen LogP contribution in [0.25, 0.3) is 16.2 Å². The van der Waals surface area contributed by atoms with E-state index in [0.717, 1.165) is 42.5 Å². The molecule has 0 saturated carbocycles. The average Bonchev–Trinajstić information content (AvgIpc) is 3.60. The number of hydrogen-bond acceptors (Lipinski definition) is 8. The minimum absolute atomic E-state index is 0.0132. The predicted octanol–water partition coefficient (Wildman–Crippen LogP) is 4.83. The summed E-state index contributed by atoms with van der Waals surface area (Å²) in [6, 6.07) is 8.51. The largest absolute Gasteiger partial charge is 0.507 e. The number of aromatic hydroxyl groups is 1. The van der Waals surface area contributed by atoms with Gasteiger partial charge in [-0.2, -0.15) is 5.10 Å². The molecule has 11 heteroatoms. The normalized spacial score (nSPS) is 14.8. The maximum Gasteiger partial charge on any atom is 0.272 e. The van der Waals surface area contributed by atoms with E-state index >= 15 is 0 Å². The number of nitrogens with one attached hydrogen (secondary N) is 2. The van der Waals surface area contributed by atoms with E-state index in [-0.39, 0.29) is 29.2 Å². The van der Waals surface area contributed by atoms with Gasteiger partial charge in [-0.1, -0.05) is 19.1 Å². The van der Waals surface area contributed by atoms with Crippen LogP contribution < -0.4 is 10.6 Å². The number of rotatable bonds is 10. The molecule has 3 N–H and O–H groups in total. The standard InChI is InChI=1S/C29H35N7O3S/c1-3-19(2)32-25-17-23(33-26(34-25)22-18-31-36-15-16-40-29(22)36)28(39)35-13-10-20(11-14-35)7-6-12-30-27(38)21-8-4-5-9-24(21)37/h4-5,8-9,15-20,37H,3,6-7,10-14H2,1-2H3,(H,30,38)(H,32,33,34)/t19-/m0/s1. The molecule has 5 rings (SSSR count). The Morgan fingerprint density at radius 3 is 2.77 bits per heavy atom. The van der Waals surface area contributed by atoms with Gasteiger partial charge in [-0.15, -0.1) is 11.3 Å². The van der Waals surface area contributed by atoms with E-state index in [9.17, 15) is 14.7 Å². The number of benzene rings is 1. The molecule has 210 valence electrons. The minimum Gasteiger partial charge on any atom is -0.507 e. The second-order valence-electron chi connectivity index (χ2n) is 10.3. The molecule has 40 heavy (non-hydrogen) atoms. The fourth-order valence-electron chi connectivity index (χ4n) is 4.93. The third kappa shape index (κ3) is 6.25. The van der Waals surface area contributed by atoms with E-state index < -0.39 is 0 Å². The molecule has 1 aromatic carbocycles. The second kappa shape index (κ2) is 12.5. The molecule has 0 spiro atoms. The highest BCUT2D eigenvalue weighted by atomic mass is 32.1. The van der Waals surface area contributed by atoms with Crippen LogP contribution in [-0.2, 0) is 0 Å². The second-order valence-corrected chi connectivity index (χ2v) is 11.2.